The number of Topliss-reactive ketones (excluding diaryl/α,β-unsaturated/α-hetero) is 1. The number of benzene rings is 2. The van der Waals surface area contributed by atoms with Gasteiger partial charge in [0.1, 0.15) is 11.3 Å². The molecule has 33 heavy (non-hydrogen) atoms. The lowest BCUT2D eigenvalue weighted by Gasteiger charge is -2.18. The number of amides is 3. The van der Waals surface area contributed by atoms with Gasteiger partial charge in [-0.15, -0.1) is 0 Å². The van der Waals surface area contributed by atoms with Crippen LogP contribution in [0.3, 0.4) is 0 Å². The monoisotopic (exact) mass is 440 g/mol. The van der Waals surface area contributed by atoms with Crippen LogP contribution in [0.15, 0.2) is 65.2 Å². The minimum atomic E-state index is -1.41. The molecule has 0 bridgehead atoms. The minimum Gasteiger partial charge on any atom is -0.458 e. The number of rotatable bonds is 6. The van der Waals surface area contributed by atoms with Gasteiger partial charge in [-0.3, -0.25) is 14.5 Å². The first kappa shape index (κ1) is 20.5. The maximum absolute atomic E-state index is 13.3. The van der Waals surface area contributed by atoms with Crippen molar-refractivity contribution in [2.24, 2.45) is 0 Å². The summed E-state index contributed by atoms with van der Waals surface area (Å²) in [4.78, 5) is 40.1. The fourth-order valence-corrected chi connectivity index (χ4v) is 4.29. The third-order valence-corrected chi connectivity index (χ3v) is 6.05. The van der Waals surface area contributed by atoms with Gasteiger partial charge in [-0.05, 0) is 25.1 Å². The highest BCUT2D eigenvalue weighted by molar-refractivity contribution is 6.14. The average molecular weight is 440 g/mol. The van der Waals surface area contributed by atoms with Crippen LogP contribution in [0.2, 0.25) is 0 Å². The van der Waals surface area contributed by atoms with Crippen LogP contribution in [0.1, 0.15) is 29.5 Å². The van der Waals surface area contributed by atoms with E-state index in [9.17, 15) is 14.4 Å². The first-order valence-corrected chi connectivity index (χ1v) is 10.5. The van der Waals surface area contributed by atoms with E-state index in [2.05, 4.69) is 11.4 Å². The average Bonchev–Trinajstić information content (AvgIpc) is 3.48. The number of aromatic nitrogens is 1. The first-order valence-electron chi connectivity index (χ1n) is 10.5. The standard InChI is InChI=1S/C25H20N4O4/c1-25(22-13-16-7-2-5-10-21(16)33-22)23(31)29(24(32)27-25)15-20(30)18-14-28(12-6-11-26)19-9-4-3-8-17(18)19/h2-5,7-10,13-14H,6,12,15H2,1H3,(H,27,32). The van der Waals surface area contributed by atoms with Gasteiger partial charge in [0.15, 0.2) is 11.3 Å². The van der Waals surface area contributed by atoms with Crippen molar-refractivity contribution in [2.45, 2.75) is 25.4 Å². The Labute approximate surface area is 189 Å². The molecule has 0 aliphatic carbocycles. The largest absolute Gasteiger partial charge is 0.458 e. The topological polar surface area (TPSA) is 108 Å². The van der Waals surface area contributed by atoms with Gasteiger partial charge in [0.25, 0.3) is 5.91 Å². The molecule has 0 spiro atoms. The third-order valence-electron chi connectivity index (χ3n) is 6.05. The van der Waals surface area contributed by atoms with Gasteiger partial charge in [0.2, 0.25) is 0 Å². The van der Waals surface area contributed by atoms with Crippen molar-refractivity contribution in [3.8, 4) is 6.07 Å². The van der Waals surface area contributed by atoms with Crippen molar-refractivity contribution in [1.29, 1.82) is 5.26 Å². The second-order valence-corrected chi connectivity index (χ2v) is 8.18. The first-order chi connectivity index (χ1) is 15.9. The molecule has 1 aliphatic heterocycles. The maximum Gasteiger partial charge on any atom is 0.325 e. The summed E-state index contributed by atoms with van der Waals surface area (Å²) in [5.41, 5.74) is 0.425. The van der Waals surface area contributed by atoms with Gasteiger partial charge in [0.05, 0.1) is 19.0 Å². The molecule has 8 heteroatoms. The van der Waals surface area contributed by atoms with E-state index in [4.69, 9.17) is 9.68 Å². The maximum atomic E-state index is 13.3. The highest BCUT2D eigenvalue weighted by Crippen LogP contribution is 2.33. The second-order valence-electron chi connectivity index (χ2n) is 8.18. The molecule has 1 aliphatic rings. The molecule has 3 heterocycles. The summed E-state index contributed by atoms with van der Waals surface area (Å²) < 4.78 is 7.68. The number of hydrogen-bond acceptors (Lipinski definition) is 5. The van der Waals surface area contributed by atoms with Crippen molar-refractivity contribution in [2.75, 3.05) is 6.54 Å². The van der Waals surface area contributed by atoms with E-state index in [1.54, 1.807) is 25.3 Å². The summed E-state index contributed by atoms with van der Waals surface area (Å²) in [6.07, 6.45) is 1.98. The molecule has 0 radical (unpaired) electrons. The molecule has 1 unspecified atom stereocenters. The third kappa shape index (κ3) is 3.26. The highest BCUT2D eigenvalue weighted by atomic mass is 16.3. The summed E-state index contributed by atoms with van der Waals surface area (Å²) in [5.74, 6) is -0.600. The lowest BCUT2D eigenvalue weighted by atomic mass is 9.98. The van der Waals surface area contributed by atoms with E-state index in [0.717, 1.165) is 15.8 Å². The van der Waals surface area contributed by atoms with Crippen LogP contribution in [-0.2, 0) is 16.9 Å². The Morgan fingerprint density at radius 3 is 2.70 bits per heavy atom. The van der Waals surface area contributed by atoms with Crippen molar-refractivity contribution in [3.05, 3.63) is 72.1 Å². The van der Waals surface area contributed by atoms with E-state index in [-0.39, 0.29) is 5.78 Å². The van der Waals surface area contributed by atoms with E-state index >= 15 is 0 Å². The zero-order chi connectivity index (χ0) is 23.2. The molecule has 2 aromatic heterocycles. The molecule has 5 rings (SSSR count). The number of furan rings is 1. The number of ketones is 1. The summed E-state index contributed by atoms with van der Waals surface area (Å²) in [7, 11) is 0. The lowest BCUT2D eigenvalue weighted by molar-refractivity contribution is -0.131. The molecule has 4 aromatic rings. The van der Waals surface area contributed by atoms with Crippen molar-refractivity contribution in [3.63, 3.8) is 0 Å². The van der Waals surface area contributed by atoms with E-state index in [1.807, 2.05) is 47.0 Å². The van der Waals surface area contributed by atoms with Crippen LogP contribution >= 0.6 is 0 Å². The number of carbonyl (C=O) groups excluding carboxylic acids is 3. The fourth-order valence-electron chi connectivity index (χ4n) is 4.29. The van der Waals surface area contributed by atoms with Crippen LogP contribution in [0.5, 0.6) is 0 Å². The van der Waals surface area contributed by atoms with Crippen LogP contribution in [0.4, 0.5) is 4.79 Å². The number of aryl methyl sites for hydroxylation is 1. The molecule has 1 atom stereocenters. The second kappa shape index (κ2) is 7.64. The van der Waals surface area contributed by atoms with Gasteiger partial charge in [-0.2, -0.15) is 5.26 Å². The molecule has 1 saturated heterocycles. The zero-order valence-corrected chi connectivity index (χ0v) is 17.9. The number of nitrogens with one attached hydrogen (secondary N) is 1. The smallest absolute Gasteiger partial charge is 0.325 e. The molecular weight excluding hydrogens is 420 g/mol. The number of fused-ring (bicyclic) bond motifs is 2. The van der Waals surface area contributed by atoms with E-state index in [0.29, 0.717) is 35.3 Å². The van der Waals surface area contributed by atoms with Gasteiger partial charge in [-0.25, -0.2) is 4.79 Å². The highest BCUT2D eigenvalue weighted by Gasteiger charge is 2.51. The SMILES string of the molecule is CC1(c2cc3ccccc3o2)NC(=O)N(CC(=O)c2cn(CCC#N)c3ccccc23)C1=O. The number of hydrogen-bond donors (Lipinski definition) is 1. The Hall–Kier alpha value is -4.38. The predicted octanol–water partition coefficient (Wildman–Crippen LogP) is 3.95. The summed E-state index contributed by atoms with van der Waals surface area (Å²) in [6.45, 7) is 1.62. The van der Waals surface area contributed by atoms with Crippen LogP contribution in [-0.4, -0.2) is 33.7 Å². The molecule has 164 valence electrons. The predicted molar refractivity (Wildman–Crippen MR) is 120 cm³/mol. The Kier molecular flexibility index (Phi) is 4.75. The van der Waals surface area contributed by atoms with Gasteiger partial charge in [0, 0.05) is 34.6 Å². The number of urea groups is 1. The molecule has 8 nitrogen and oxygen atoms in total. The number of imide groups is 1. The van der Waals surface area contributed by atoms with Crippen molar-refractivity contribution in [1.82, 2.24) is 14.8 Å². The van der Waals surface area contributed by atoms with E-state index < -0.39 is 24.0 Å². The van der Waals surface area contributed by atoms with Crippen LogP contribution in [0.25, 0.3) is 21.9 Å². The Bertz CT molecular complexity index is 1440. The lowest BCUT2D eigenvalue weighted by Crippen LogP contribution is -2.41. The zero-order valence-electron chi connectivity index (χ0n) is 17.9. The van der Waals surface area contributed by atoms with Crippen LogP contribution in [0, 0.1) is 11.3 Å². The number of nitriles is 1. The van der Waals surface area contributed by atoms with Crippen molar-refractivity contribution >= 4 is 39.6 Å². The van der Waals surface area contributed by atoms with Gasteiger partial charge >= 0.3 is 6.03 Å². The van der Waals surface area contributed by atoms with Gasteiger partial charge in [-0.1, -0.05) is 36.4 Å². The van der Waals surface area contributed by atoms with Crippen molar-refractivity contribution < 1.29 is 18.8 Å². The Morgan fingerprint density at radius 2 is 1.91 bits per heavy atom. The molecule has 2 aromatic carbocycles. The molecule has 0 saturated carbocycles. The minimum absolute atomic E-state index is 0.301. The van der Waals surface area contributed by atoms with E-state index in [1.165, 1.54) is 0 Å². The molecule has 3 amide bonds. The Balaban J connectivity index is 1.44. The summed E-state index contributed by atoms with van der Waals surface area (Å²) >= 11 is 0. The van der Waals surface area contributed by atoms with Crippen LogP contribution < -0.4 is 5.32 Å². The molecule has 1 N–H and O–H groups in total. The quantitative estimate of drug-likeness (QED) is 0.361. The Morgan fingerprint density at radius 1 is 1.15 bits per heavy atom. The molecule has 1 fully saturated rings. The summed E-state index contributed by atoms with van der Waals surface area (Å²) in [6, 6.07) is 17.9. The normalized spacial score (nSPS) is 18.1. The molecular formula is C25H20N4O4. The number of para-hydroxylation sites is 2. The number of carbonyl (C=O) groups is 3. The fraction of sp³-hybridized carbons (Fsp3) is 0.200. The van der Waals surface area contributed by atoms with Gasteiger partial charge < -0.3 is 14.3 Å². The number of nitrogens with zero attached hydrogens (tertiary/aromatic N) is 3. The summed E-state index contributed by atoms with van der Waals surface area (Å²) in [5, 5.41) is 13.1.